The van der Waals surface area contributed by atoms with Crippen molar-refractivity contribution in [3.63, 3.8) is 0 Å². The van der Waals surface area contributed by atoms with Gasteiger partial charge in [0.1, 0.15) is 5.75 Å². The second-order valence-electron chi connectivity index (χ2n) is 9.15. The van der Waals surface area contributed by atoms with Gasteiger partial charge >= 0.3 is 0 Å². The number of amides is 1. The van der Waals surface area contributed by atoms with Crippen molar-refractivity contribution in [1.82, 2.24) is 24.8 Å². The lowest BCUT2D eigenvalue weighted by Gasteiger charge is -2.31. The number of aromatic nitrogens is 3. The molecule has 186 valence electrons. The van der Waals surface area contributed by atoms with Crippen LogP contribution in [-0.2, 0) is 0 Å². The molecule has 8 heteroatoms. The number of piperidine rings is 1. The molecule has 1 aliphatic heterocycles. The van der Waals surface area contributed by atoms with Crippen LogP contribution in [-0.4, -0.2) is 58.7 Å². The molecule has 8 nitrogen and oxygen atoms in total. The fourth-order valence-electron chi connectivity index (χ4n) is 4.67. The number of hydrogen-bond donors (Lipinski definition) is 2. The molecule has 0 radical (unpaired) electrons. The van der Waals surface area contributed by atoms with Gasteiger partial charge < -0.3 is 20.3 Å². The van der Waals surface area contributed by atoms with E-state index in [0.29, 0.717) is 17.4 Å². The highest BCUT2D eigenvalue weighted by atomic mass is 16.5. The summed E-state index contributed by atoms with van der Waals surface area (Å²) in [6.45, 7) is 6.25. The maximum Gasteiger partial charge on any atom is 0.251 e. The van der Waals surface area contributed by atoms with E-state index < -0.39 is 0 Å². The topological polar surface area (TPSA) is 83.8 Å². The Kier molecular flexibility index (Phi) is 7.13. The number of pyridine rings is 1. The normalized spacial score (nSPS) is 14.6. The number of carbonyl (C=O) groups excluding carboxylic acids is 1. The summed E-state index contributed by atoms with van der Waals surface area (Å²) in [6, 6.07) is 19.3. The molecule has 1 aliphatic rings. The number of benzene rings is 2. The second-order valence-corrected chi connectivity index (χ2v) is 9.15. The van der Waals surface area contributed by atoms with E-state index in [2.05, 4.69) is 27.6 Å². The molecule has 0 saturated carbocycles. The van der Waals surface area contributed by atoms with Gasteiger partial charge in [0.05, 0.1) is 7.11 Å². The number of rotatable bonds is 8. The van der Waals surface area contributed by atoms with Gasteiger partial charge in [0.2, 0.25) is 5.95 Å². The van der Waals surface area contributed by atoms with Crippen LogP contribution in [0.1, 0.15) is 30.1 Å². The Morgan fingerprint density at radius 2 is 1.89 bits per heavy atom. The van der Waals surface area contributed by atoms with Crippen molar-refractivity contribution in [3.8, 4) is 16.9 Å². The highest BCUT2D eigenvalue weighted by Gasteiger charge is 2.19. The van der Waals surface area contributed by atoms with E-state index in [1.165, 1.54) is 0 Å². The van der Waals surface area contributed by atoms with Gasteiger partial charge in [-0.2, -0.15) is 4.98 Å². The monoisotopic (exact) mass is 484 g/mol. The fourth-order valence-corrected chi connectivity index (χ4v) is 4.67. The number of anilines is 2. The number of methoxy groups -OCH3 is 1. The summed E-state index contributed by atoms with van der Waals surface area (Å²) >= 11 is 0. The van der Waals surface area contributed by atoms with Gasteiger partial charge in [-0.05, 0) is 86.4 Å². The van der Waals surface area contributed by atoms with Crippen LogP contribution in [0, 0.1) is 5.92 Å². The minimum atomic E-state index is -0.0543. The first-order valence-corrected chi connectivity index (χ1v) is 12.5. The first kappa shape index (κ1) is 23.8. The summed E-state index contributed by atoms with van der Waals surface area (Å²) in [4.78, 5) is 20.0. The van der Waals surface area contributed by atoms with E-state index in [0.717, 1.165) is 67.2 Å². The summed E-state index contributed by atoms with van der Waals surface area (Å²) in [5.41, 5.74) is 4.13. The zero-order chi connectivity index (χ0) is 24.9. The van der Waals surface area contributed by atoms with Crippen LogP contribution in [0.3, 0.4) is 0 Å². The van der Waals surface area contributed by atoms with Crippen molar-refractivity contribution in [2.45, 2.75) is 19.8 Å². The molecular weight excluding hydrogens is 452 g/mol. The van der Waals surface area contributed by atoms with Crippen LogP contribution < -0.4 is 15.4 Å². The van der Waals surface area contributed by atoms with E-state index in [1.54, 1.807) is 11.6 Å². The second kappa shape index (κ2) is 10.8. The summed E-state index contributed by atoms with van der Waals surface area (Å²) in [6.07, 6.45) is 4.14. The standard InChI is InChI=1S/C28H32N6O2/c1-3-33-16-13-20(14-17-33)19-29-27(35)22-6-4-7-23(18-22)30-28-31-26-25(8-5-15-34(26)32-28)21-9-11-24(36-2)12-10-21/h4-12,15,18,20H,3,13-14,16-17,19H2,1-2H3,(H,29,35)(H,30,32). The highest BCUT2D eigenvalue weighted by Crippen LogP contribution is 2.27. The maximum atomic E-state index is 12.8. The molecule has 0 atom stereocenters. The van der Waals surface area contributed by atoms with Crippen molar-refractivity contribution in [1.29, 1.82) is 0 Å². The van der Waals surface area contributed by atoms with Crippen LogP contribution in [0.25, 0.3) is 16.8 Å². The van der Waals surface area contributed by atoms with E-state index >= 15 is 0 Å². The Morgan fingerprint density at radius 1 is 1.08 bits per heavy atom. The van der Waals surface area contributed by atoms with Crippen LogP contribution in [0.5, 0.6) is 5.75 Å². The lowest BCUT2D eigenvalue weighted by molar-refractivity contribution is 0.0937. The van der Waals surface area contributed by atoms with Gasteiger partial charge in [-0.25, -0.2) is 4.52 Å². The van der Waals surface area contributed by atoms with E-state index in [-0.39, 0.29) is 5.91 Å². The van der Waals surface area contributed by atoms with E-state index in [4.69, 9.17) is 9.72 Å². The number of hydrogen-bond acceptors (Lipinski definition) is 6. The summed E-state index contributed by atoms with van der Waals surface area (Å²) < 4.78 is 7.02. The molecule has 1 amide bonds. The van der Waals surface area contributed by atoms with Crippen molar-refractivity contribution in [3.05, 3.63) is 72.4 Å². The molecule has 3 heterocycles. The average molecular weight is 485 g/mol. The Hall–Kier alpha value is -3.91. The third kappa shape index (κ3) is 5.33. The van der Waals surface area contributed by atoms with Gasteiger partial charge in [0.15, 0.2) is 5.65 Å². The van der Waals surface area contributed by atoms with Gasteiger partial charge in [-0.15, -0.1) is 5.10 Å². The zero-order valence-electron chi connectivity index (χ0n) is 20.8. The van der Waals surface area contributed by atoms with Crippen LogP contribution in [0.2, 0.25) is 0 Å². The Labute approximate surface area is 211 Å². The third-order valence-electron chi connectivity index (χ3n) is 6.85. The third-order valence-corrected chi connectivity index (χ3v) is 6.85. The van der Waals surface area contributed by atoms with Crippen LogP contribution in [0.4, 0.5) is 11.6 Å². The molecule has 2 N–H and O–H groups in total. The maximum absolute atomic E-state index is 12.8. The largest absolute Gasteiger partial charge is 0.497 e. The van der Waals surface area contributed by atoms with E-state index in [9.17, 15) is 4.79 Å². The molecule has 0 bridgehead atoms. The fraction of sp³-hybridized carbons (Fsp3) is 0.321. The molecule has 2 aromatic carbocycles. The number of fused-ring (bicyclic) bond motifs is 1. The van der Waals surface area contributed by atoms with Crippen molar-refractivity contribution in [2.75, 3.05) is 38.6 Å². The molecule has 0 unspecified atom stereocenters. The molecular formula is C28H32N6O2. The predicted octanol–water partition coefficient (Wildman–Crippen LogP) is 4.61. The molecule has 2 aromatic heterocycles. The lowest BCUT2D eigenvalue weighted by atomic mass is 9.96. The molecule has 5 rings (SSSR count). The Morgan fingerprint density at radius 3 is 2.64 bits per heavy atom. The van der Waals surface area contributed by atoms with Crippen molar-refractivity contribution >= 4 is 23.2 Å². The van der Waals surface area contributed by atoms with Crippen LogP contribution in [0.15, 0.2) is 66.9 Å². The lowest BCUT2D eigenvalue weighted by Crippen LogP contribution is -2.38. The number of likely N-dealkylation sites (tertiary alicyclic amines) is 1. The Bertz CT molecular complexity index is 1330. The SMILES string of the molecule is CCN1CCC(CNC(=O)c2cccc(Nc3nc4c(-c5ccc(OC)cc5)cccn4n3)c2)CC1. The number of nitrogens with zero attached hydrogens (tertiary/aromatic N) is 4. The molecule has 0 aliphatic carbocycles. The number of ether oxygens (including phenoxy) is 1. The first-order valence-electron chi connectivity index (χ1n) is 12.5. The minimum Gasteiger partial charge on any atom is -0.497 e. The van der Waals surface area contributed by atoms with Crippen LogP contribution >= 0.6 is 0 Å². The summed E-state index contributed by atoms with van der Waals surface area (Å²) in [7, 11) is 1.65. The quantitative estimate of drug-likeness (QED) is 0.380. The molecule has 0 spiro atoms. The average Bonchev–Trinajstić information content (AvgIpc) is 3.34. The van der Waals surface area contributed by atoms with Gasteiger partial charge in [0, 0.05) is 29.6 Å². The minimum absolute atomic E-state index is 0.0543. The van der Waals surface area contributed by atoms with Gasteiger partial charge in [-0.1, -0.05) is 25.1 Å². The predicted molar refractivity (Wildman–Crippen MR) is 142 cm³/mol. The summed E-state index contributed by atoms with van der Waals surface area (Å²) in [5.74, 6) is 1.76. The summed E-state index contributed by atoms with van der Waals surface area (Å²) in [5, 5.41) is 11.0. The van der Waals surface area contributed by atoms with E-state index in [1.807, 2.05) is 66.9 Å². The smallest absolute Gasteiger partial charge is 0.251 e. The molecule has 1 saturated heterocycles. The highest BCUT2D eigenvalue weighted by molar-refractivity contribution is 5.95. The Balaban J connectivity index is 1.27. The molecule has 36 heavy (non-hydrogen) atoms. The number of carbonyl (C=O) groups is 1. The molecule has 1 fully saturated rings. The zero-order valence-corrected chi connectivity index (χ0v) is 20.8. The first-order chi connectivity index (χ1) is 17.6. The van der Waals surface area contributed by atoms with Crippen molar-refractivity contribution < 1.29 is 9.53 Å². The van der Waals surface area contributed by atoms with Crippen molar-refractivity contribution in [2.24, 2.45) is 5.92 Å². The van der Waals surface area contributed by atoms with Gasteiger partial charge in [0.25, 0.3) is 5.91 Å². The molecule has 4 aromatic rings. The van der Waals surface area contributed by atoms with Gasteiger partial charge in [-0.3, -0.25) is 4.79 Å². The number of nitrogens with one attached hydrogen (secondary N) is 2.